The highest BCUT2D eigenvalue weighted by Gasteiger charge is 2.32. The number of ether oxygens (including phenoxy) is 1. The second-order valence-electron chi connectivity index (χ2n) is 3.72. The number of aliphatic hydroxyl groups is 1. The van der Waals surface area contributed by atoms with Crippen LogP contribution in [0, 0.1) is 0 Å². The van der Waals surface area contributed by atoms with Gasteiger partial charge in [-0.3, -0.25) is 0 Å². The summed E-state index contributed by atoms with van der Waals surface area (Å²) in [6, 6.07) is 0.157. The standard InChI is InChI=1S/C9H19NO2/c1-2-12-7-9(11)5-3-4-8(10)6-9/h8,11H,2-7,10H2,1H3. The number of hydrogen-bond acceptors (Lipinski definition) is 3. The van der Waals surface area contributed by atoms with Gasteiger partial charge < -0.3 is 15.6 Å². The maximum absolute atomic E-state index is 9.97. The van der Waals surface area contributed by atoms with Crippen LogP contribution in [-0.2, 0) is 4.74 Å². The highest BCUT2D eigenvalue weighted by atomic mass is 16.5. The Kier molecular flexibility index (Phi) is 3.50. The van der Waals surface area contributed by atoms with Crippen molar-refractivity contribution in [1.82, 2.24) is 0 Å². The number of hydrogen-bond donors (Lipinski definition) is 2. The third-order valence-electron chi connectivity index (χ3n) is 2.43. The minimum Gasteiger partial charge on any atom is -0.387 e. The minimum atomic E-state index is -0.645. The summed E-state index contributed by atoms with van der Waals surface area (Å²) in [5.74, 6) is 0. The van der Waals surface area contributed by atoms with E-state index in [9.17, 15) is 5.11 Å². The van der Waals surface area contributed by atoms with Crippen LogP contribution in [0.4, 0.5) is 0 Å². The van der Waals surface area contributed by atoms with Gasteiger partial charge in [-0.15, -0.1) is 0 Å². The average molecular weight is 173 g/mol. The van der Waals surface area contributed by atoms with E-state index < -0.39 is 5.60 Å². The van der Waals surface area contributed by atoms with E-state index in [1.165, 1.54) is 0 Å². The zero-order valence-electron chi connectivity index (χ0n) is 7.75. The Morgan fingerprint density at radius 2 is 2.42 bits per heavy atom. The van der Waals surface area contributed by atoms with Gasteiger partial charge in [0.1, 0.15) is 0 Å². The Bertz CT molecular complexity index is 140. The molecule has 1 rings (SSSR count). The van der Waals surface area contributed by atoms with Crippen molar-refractivity contribution in [2.45, 2.75) is 44.2 Å². The lowest BCUT2D eigenvalue weighted by molar-refractivity contribution is -0.0696. The summed E-state index contributed by atoms with van der Waals surface area (Å²) in [5, 5.41) is 9.97. The van der Waals surface area contributed by atoms with E-state index in [-0.39, 0.29) is 6.04 Å². The molecular formula is C9H19NO2. The maximum atomic E-state index is 9.97. The van der Waals surface area contributed by atoms with Crippen molar-refractivity contribution in [2.24, 2.45) is 5.73 Å². The second-order valence-corrected chi connectivity index (χ2v) is 3.72. The van der Waals surface area contributed by atoms with E-state index in [1.54, 1.807) is 0 Å². The van der Waals surface area contributed by atoms with Gasteiger partial charge in [0.15, 0.2) is 0 Å². The molecule has 2 unspecified atom stereocenters. The second kappa shape index (κ2) is 4.21. The lowest BCUT2D eigenvalue weighted by atomic mass is 9.83. The van der Waals surface area contributed by atoms with Crippen molar-refractivity contribution in [1.29, 1.82) is 0 Å². The molecule has 0 aliphatic heterocycles. The summed E-state index contributed by atoms with van der Waals surface area (Å²) >= 11 is 0. The van der Waals surface area contributed by atoms with Gasteiger partial charge in [-0.05, 0) is 32.6 Å². The molecule has 1 aliphatic rings. The fourth-order valence-corrected chi connectivity index (χ4v) is 1.81. The van der Waals surface area contributed by atoms with Gasteiger partial charge in [-0.25, -0.2) is 0 Å². The minimum absolute atomic E-state index is 0.157. The first-order chi connectivity index (χ1) is 5.66. The number of nitrogens with two attached hydrogens (primary N) is 1. The Morgan fingerprint density at radius 3 is 3.00 bits per heavy atom. The fraction of sp³-hybridized carbons (Fsp3) is 1.00. The summed E-state index contributed by atoms with van der Waals surface area (Å²) in [7, 11) is 0. The van der Waals surface area contributed by atoms with Crippen LogP contribution in [0.15, 0.2) is 0 Å². The topological polar surface area (TPSA) is 55.5 Å². The van der Waals surface area contributed by atoms with Crippen molar-refractivity contribution in [3.05, 3.63) is 0 Å². The van der Waals surface area contributed by atoms with Crippen LogP contribution in [-0.4, -0.2) is 30.0 Å². The van der Waals surface area contributed by atoms with Crippen LogP contribution in [0.1, 0.15) is 32.6 Å². The van der Waals surface area contributed by atoms with E-state index >= 15 is 0 Å². The molecule has 1 fully saturated rings. The Morgan fingerprint density at radius 1 is 1.67 bits per heavy atom. The van der Waals surface area contributed by atoms with Gasteiger partial charge in [0.2, 0.25) is 0 Å². The summed E-state index contributed by atoms with van der Waals surface area (Å²) in [6.07, 6.45) is 3.58. The molecule has 1 saturated carbocycles. The van der Waals surface area contributed by atoms with E-state index in [0.717, 1.165) is 19.3 Å². The molecule has 1 aliphatic carbocycles. The van der Waals surface area contributed by atoms with E-state index in [1.807, 2.05) is 6.92 Å². The molecule has 0 aromatic heterocycles. The summed E-state index contributed by atoms with van der Waals surface area (Å²) < 4.78 is 5.22. The van der Waals surface area contributed by atoms with E-state index in [0.29, 0.717) is 19.6 Å². The first kappa shape index (κ1) is 9.96. The average Bonchev–Trinajstić information content (AvgIpc) is 2.01. The molecular weight excluding hydrogens is 154 g/mol. The summed E-state index contributed by atoms with van der Waals surface area (Å²) in [5.41, 5.74) is 5.12. The zero-order chi connectivity index (χ0) is 9.03. The van der Waals surface area contributed by atoms with Crippen molar-refractivity contribution in [3.63, 3.8) is 0 Å². The van der Waals surface area contributed by atoms with Crippen LogP contribution >= 0.6 is 0 Å². The van der Waals surface area contributed by atoms with Crippen LogP contribution in [0.2, 0.25) is 0 Å². The van der Waals surface area contributed by atoms with Crippen molar-refractivity contribution < 1.29 is 9.84 Å². The van der Waals surface area contributed by atoms with Crippen molar-refractivity contribution in [2.75, 3.05) is 13.2 Å². The monoisotopic (exact) mass is 173 g/mol. The highest BCUT2D eigenvalue weighted by Crippen LogP contribution is 2.27. The molecule has 72 valence electrons. The molecule has 2 atom stereocenters. The van der Waals surface area contributed by atoms with E-state index in [4.69, 9.17) is 10.5 Å². The van der Waals surface area contributed by atoms with Crippen LogP contribution in [0.3, 0.4) is 0 Å². The summed E-state index contributed by atoms with van der Waals surface area (Å²) in [4.78, 5) is 0. The first-order valence-electron chi connectivity index (χ1n) is 4.72. The molecule has 3 N–H and O–H groups in total. The maximum Gasteiger partial charge on any atom is 0.0894 e. The first-order valence-corrected chi connectivity index (χ1v) is 4.72. The molecule has 0 aromatic rings. The molecule has 0 amide bonds. The Balaban J connectivity index is 2.35. The molecule has 0 heterocycles. The molecule has 0 aromatic carbocycles. The largest absolute Gasteiger partial charge is 0.387 e. The molecule has 0 radical (unpaired) electrons. The highest BCUT2D eigenvalue weighted by molar-refractivity contribution is 4.87. The quantitative estimate of drug-likeness (QED) is 0.659. The fourth-order valence-electron chi connectivity index (χ4n) is 1.81. The van der Waals surface area contributed by atoms with Gasteiger partial charge in [-0.1, -0.05) is 0 Å². The Labute approximate surface area is 73.9 Å². The van der Waals surface area contributed by atoms with Crippen molar-refractivity contribution in [3.8, 4) is 0 Å². The van der Waals surface area contributed by atoms with Gasteiger partial charge in [0.25, 0.3) is 0 Å². The molecule has 3 heteroatoms. The lowest BCUT2D eigenvalue weighted by Gasteiger charge is -2.34. The molecule has 0 bridgehead atoms. The van der Waals surface area contributed by atoms with Crippen LogP contribution in [0.25, 0.3) is 0 Å². The molecule has 3 nitrogen and oxygen atoms in total. The number of rotatable bonds is 3. The third-order valence-corrected chi connectivity index (χ3v) is 2.43. The molecule has 12 heavy (non-hydrogen) atoms. The van der Waals surface area contributed by atoms with Crippen LogP contribution in [0.5, 0.6) is 0 Å². The van der Waals surface area contributed by atoms with Gasteiger partial charge in [-0.2, -0.15) is 0 Å². The van der Waals surface area contributed by atoms with Gasteiger partial charge in [0.05, 0.1) is 12.2 Å². The van der Waals surface area contributed by atoms with E-state index in [2.05, 4.69) is 0 Å². The SMILES string of the molecule is CCOCC1(O)CCCC(N)C1. The van der Waals surface area contributed by atoms with Crippen LogP contribution < -0.4 is 5.73 Å². The lowest BCUT2D eigenvalue weighted by Crippen LogP contribution is -2.44. The smallest absolute Gasteiger partial charge is 0.0894 e. The predicted octanol–water partition coefficient (Wildman–Crippen LogP) is 0.655. The molecule has 0 spiro atoms. The predicted molar refractivity (Wildman–Crippen MR) is 47.9 cm³/mol. The van der Waals surface area contributed by atoms with Gasteiger partial charge in [0, 0.05) is 12.6 Å². The van der Waals surface area contributed by atoms with Gasteiger partial charge >= 0.3 is 0 Å². The molecule has 0 saturated heterocycles. The Hall–Kier alpha value is -0.120. The van der Waals surface area contributed by atoms with Crippen molar-refractivity contribution >= 4 is 0 Å². The summed E-state index contributed by atoms with van der Waals surface area (Å²) in [6.45, 7) is 3.04. The normalized spacial score (nSPS) is 36.8. The zero-order valence-corrected chi connectivity index (χ0v) is 7.75. The third kappa shape index (κ3) is 2.73.